The third kappa shape index (κ3) is 4.43. The molecule has 1 unspecified atom stereocenters. The molecule has 0 saturated carbocycles. The van der Waals surface area contributed by atoms with Crippen LogP contribution in [0.2, 0.25) is 0 Å². The number of Topliss-reactive ketones (excluding diaryl/α,β-unsaturated/α-hetero) is 1. The predicted octanol–water partition coefficient (Wildman–Crippen LogP) is 4.62. The Bertz CT molecular complexity index is 1020. The van der Waals surface area contributed by atoms with Crippen LogP contribution in [0.1, 0.15) is 49.9 Å². The number of carbonyl (C=O) groups excluding carboxylic acids is 2. The maximum atomic E-state index is 13.0. The lowest BCUT2D eigenvalue weighted by Crippen LogP contribution is -2.30. The zero-order valence-corrected chi connectivity index (χ0v) is 18.6. The topological polar surface area (TPSA) is 76.1 Å². The van der Waals surface area contributed by atoms with Gasteiger partial charge in [0.05, 0.1) is 24.8 Å². The number of likely N-dealkylation sites (tertiary alicyclic amines) is 1. The molecule has 164 valence electrons. The zero-order valence-electron chi connectivity index (χ0n) is 18.6. The maximum absolute atomic E-state index is 13.0. The monoisotopic (exact) mass is 423 g/mol. The summed E-state index contributed by atoms with van der Waals surface area (Å²) in [5, 5.41) is 11.2. The minimum absolute atomic E-state index is 0.0191. The fourth-order valence-electron chi connectivity index (χ4n) is 3.85. The van der Waals surface area contributed by atoms with Crippen LogP contribution in [0.5, 0.6) is 11.5 Å². The predicted molar refractivity (Wildman–Crippen MR) is 119 cm³/mol. The molecule has 6 nitrogen and oxygen atoms in total. The average Bonchev–Trinajstić information content (AvgIpc) is 2.99. The van der Waals surface area contributed by atoms with E-state index in [4.69, 9.17) is 9.47 Å². The number of ketones is 1. The first-order valence-electron chi connectivity index (χ1n) is 10.5. The number of aliphatic hydroxyl groups excluding tert-OH is 1. The Morgan fingerprint density at radius 2 is 1.90 bits per heavy atom. The van der Waals surface area contributed by atoms with Crippen LogP contribution >= 0.6 is 0 Å². The summed E-state index contributed by atoms with van der Waals surface area (Å²) in [6.45, 7) is 8.11. The molecule has 0 bridgehead atoms. The lowest BCUT2D eigenvalue weighted by molar-refractivity contribution is -0.139. The molecule has 1 amide bonds. The normalized spacial score (nSPS) is 18.0. The highest BCUT2D eigenvalue weighted by atomic mass is 16.5. The Morgan fingerprint density at radius 1 is 1.16 bits per heavy atom. The van der Waals surface area contributed by atoms with Gasteiger partial charge in [-0.15, -0.1) is 0 Å². The SMILES string of the molecule is CCCN1C(=O)C(=O)/C(=C(/O)c2ccc(OC(C)C)c(C)c2)C1c1cccc(OC)c1. The molecule has 1 heterocycles. The minimum Gasteiger partial charge on any atom is -0.507 e. The third-order valence-electron chi connectivity index (χ3n) is 5.23. The summed E-state index contributed by atoms with van der Waals surface area (Å²) in [5.41, 5.74) is 2.10. The van der Waals surface area contributed by atoms with Crippen LogP contribution in [-0.2, 0) is 9.59 Å². The zero-order chi connectivity index (χ0) is 22.7. The van der Waals surface area contributed by atoms with Gasteiger partial charge in [-0.3, -0.25) is 9.59 Å². The standard InChI is InChI=1S/C25H29NO5/c1-6-12-26-22(17-8-7-9-19(14-17)30-5)21(24(28)25(26)29)23(27)18-10-11-20(16(4)13-18)31-15(2)3/h7-11,13-15,22,27H,6,12H2,1-5H3/b23-21+. The van der Waals surface area contributed by atoms with Crippen LogP contribution in [0.15, 0.2) is 48.0 Å². The van der Waals surface area contributed by atoms with Crippen LogP contribution < -0.4 is 9.47 Å². The van der Waals surface area contributed by atoms with E-state index in [-0.39, 0.29) is 17.4 Å². The quantitative estimate of drug-likeness (QED) is 0.399. The second-order valence-electron chi connectivity index (χ2n) is 7.92. The van der Waals surface area contributed by atoms with E-state index in [1.807, 2.05) is 39.8 Å². The first-order chi connectivity index (χ1) is 14.8. The van der Waals surface area contributed by atoms with Crippen LogP contribution in [0.25, 0.3) is 5.76 Å². The molecule has 1 N–H and O–H groups in total. The van der Waals surface area contributed by atoms with Gasteiger partial charge in [-0.2, -0.15) is 0 Å². The van der Waals surface area contributed by atoms with Gasteiger partial charge in [0, 0.05) is 12.1 Å². The van der Waals surface area contributed by atoms with Gasteiger partial charge in [0.2, 0.25) is 0 Å². The van der Waals surface area contributed by atoms with Crippen molar-refractivity contribution in [3.63, 3.8) is 0 Å². The van der Waals surface area contributed by atoms with Crippen molar-refractivity contribution < 1.29 is 24.2 Å². The smallest absolute Gasteiger partial charge is 0.295 e. The van der Waals surface area contributed by atoms with E-state index >= 15 is 0 Å². The summed E-state index contributed by atoms with van der Waals surface area (Å²) < 4.78 is 11.1. The van der Waals surface area contributed by atoms with Crippen LogP contribution in [-0.4, -0.2) is 41.5 Å². The lowest BCUT2D eigenvalue weighted by atomic mass is 9.94. The van der Waals surface area contributed by atoms with Crippen molar-refractivity contribution >= 4 is 17.4 Å². The number of amides is 1. The first kappa shape index (κ1) is 22.4. The van der Waals surface area contributed by atoms with Crippen molar-refractivity contribution in [1.29, 1.82) is 0 Å². The Morgan fingerprint density at radius 3 is 2.52 bits per heavy atom. The summed E-state index contributed by atoms with van der Waals surface area (Å²) in [6, 6.07) is 11.8. The molecule has 3 rings (SSSR count). The fourth-order valence-corrected chi connectivity index (χ4v) is 3.85. The maximum Gasteiger partial charge on any atom is 0.295 e. The summed E-state index contributed by atoms with van der Waals surface area (Å²) >= 11 is 0. The second-order valence-corrected chi connectivity index (χ2v) is 7.92. The molecule has 0 spiro atoms. The van der Waals surface area contributed by atoms with Gasteiger partial charge in [0.25, 0.3) is 11.7 Å². The van der Waals surface area contributed by atoms with Gasteiger partial charge >= 0.3 is 0 Å². The van der Waals surface area contributed by atoms with Gasteiger partial charge in [-0.05, 0) is 68.7 Å². The third-order valence-corrected chi connectivity index (χ3v) is 5.23. The summed E-state index contributed by atoms with van der Waals surface area (Å²) in [6.07, 6.45) is 0.707. The minimum atomic E-state index is -0.682. The van der Waals surface area contributed by atoms with Crippen molar-refractivity contribution in [3.05, 3.63) is 64.7 Å². The van der Waals surface area contributed by atoms with Crippen molar-refractivity contribution in [2.45, 2.75) is 46.3 Å². The molecule has 31 heavy (non-hydrogen) atoms. The number of hydrogen-bond donors (Lipinski definition) is 1. The number of methoxy groups -OCH3 is 1. The van der Waals surface area contributed by atoms with E-state index in [9.17, 15) is 14.7 Å². The Labute approximate surface area is 183 Å². The molecular formula is C25H29NO5. The highest BCUT2D eigenvalue weighted by molar-refractivity contribution is 6.46. The second kappa shape index (κ2) is 9.25. The molecule has 1 fully saturated rings. The number of rotatable bonds is 7. The Kier molecular flexibility index (Phi) is 6.68. The Hall–Kier alpha value is -3.28. The average molecular weight is 424 g/mol. The molecular weight excluding hydrogens is 394 g/mol. The summed E-state index contributed by atoms with van der Waals surface area (Å²) in [7, 11) is 1.56. The molecule has 1 aliphatic heterocycles. The molecule has 0 radical (unpaired) electrons. The lowest BCUT2D eigenvalue weighted by Gasteiger charge is -2.25. The van der Waals surface area contributed by atoms with E-state index in [0.717, 1.165) is 5.56 Å². The largest absolute Gasteiger partial charge is 0.507 e. The van der Waals surface area contributed by atoms with E-state index in [1.165, 1.54) is 4.90 Å². The molecule has 2 aromatic carbocycles. The molecule has 0 aromatic heterocycles. The number of aliphatic hydroxyl groups is 1. The first-order valence-corrected chi connectivity index (χ1v) is 10.5. The fraction of sp³-hybridized carbons (Fsp3) is 0.360. The molecule has 2 aromatic rings. The van der Waals surface area contributed by atoms with Gasteiger partial charge < -0.3 is 19.5 Å². The summed E-state index contributed by atoms with van der Waals surface area (Å²) in [4.78, 5) is 27.3. The number of ether oxygens (including phenoxy) is 2. The number of carbonyl (C=O) groups is 2. The van der Waals surface area contributed by atoms with Gasteiger partial charge in [0.1, 0.15) is 17.3 Å². The van der Waals surface area contributed by atoms with E-state index in [1.54, 1.807) is 37.4 Å². The molecule has 0 aliphatic carbocycles. The highest BCUT2D eigenvalue weighted by Gasteiger charge is 2.45. The van der Waals surface area contributed by atoms with Crippen LogP contribution in [0.3, 0.4) is 0 Å². The van der Waals surface area contributed by atoms with Crippen molar-refractivity contribution in [2.75, 3.05) is 13.7 Å². The van der Waals surface area contributed by atoms with E-state index < -0.39 is 17.7 Å². The molecule has 1 atom stereocenters. The van der Waals surface area contributed by atoms with Gasteiger partial charge in [-0.1, -0.05) is 19.1 Å². The Balaban J connectivity index is 2.14. The summed E-state index contributed by atoms with van der Waals surface area (Å²) in [5.74, 6) is -0.149. The van der Waals surface area contributed by atoms with Crippen LogP contribution in [0.4, 0.5) is 0 Å². The van der Waals surface area contributed by atoms with Crippen molar-refractivity contribution in [1.82, 2.24) is 4.90 Å². The van der Waals surface area contributed by atoms with Crippen molar-refractivity contribution in [2.24, 2.45) is 0 Å². The number of aryl methyl sites for hydroxylation is 1. The van der Waals surface area contributed by atoms with Crippen molar-refractivity contribution in [3.8, 4) is 11.5 Å². The number of nitrogens with zero attached hydrogens (tertiary/aromatic N) is 1. The number of benzene rings is 2. The molecule has 1 saturated heterocycles. The van der Waals surface area contributed by atoms with Crippen LogP contribution in [0, 0.1) is 6.92 Å². The molecule has 6 heteroatoms. The van der Waals surface area contributed by atoms with E-state index in [2.05, 4.69) is 0 Å². The number of hydrogen-bond acceptors (Lipinski definition) is 5. The van der Waals surface area contributed by atoms with Gasteiger partial charge in [-0.25, -0.2) is 0 Å². The highest BCUT2D eigenvalue weighted by Crippen LogP contribution is 2.40. The molecule has 1 aliphatic rings. The van der Waals surface area contributed by atoms with E-state index in [0.29, 0.717) is 35.6 Å². The van der Waals surface area contributed by atoms with Gasteiger partial charge in [0.15, 0.2) is 0 Å².